The van der Waals surface area contributed by atoms with Crippen LogP contribution in [-0.2, 0) is 20.4 Å². The van der Waals surface area contributed by atoms with Crippen LogP contribution in [0.2, 0.25) is 0 Å². The molecular formula is C22H29F2ORe-. The molecule has 1 nitrogen and oxygen atoms in total. The van der Waals surface area contributed by atoms with Crippen molar-refractivity contribution in [3.63, 3.8) is 0 Å². The number of methoxy groups -OCH3 is 1. The van der Waals surface area contributed by atoms with Gasteiger partial charge in [0.15, 0.2) is 11.6 Å². The van der Waals surface area contributed by atoms with Crippen LogP contribution >= 0.6 is 0 Å². The van der Waals surface area contributed by atoms with E-state index in [9.17, 15) is 8.78 Å². The SMILES string of the molecule is [CH-]=CCC1CCC(C2CCC(c3ccc(OC)c(F)c3F)CC2)CC1.[Re]. The Balaban J connectivity index is 0.00000243. The number of allylic oxidation sites excluding steroid dienone is 1. The maximum atomic E-state index is 14.3. The summed E-state index contributed by atoms with van der Waals surface area (Å²) in [5.74, 6) is 0.895. The van der Waals surface area contributed by atoms with Crippen LogP contribution in [0.3, 0.4) is 0 Å². The molecule has 4 heteroatoms. The van der Waals surface area contributed by atoms with Crippen LogP contribution in [0.4, 0.5) is 8.78 Å². The molecule has 26 heavy (non-hydrogen) atoms. The summed E-state index contributed by atoms with van der Waals surface area (Å²) in [6.45, 7) is 5.56. The number of hydrogen-bond donors (Lipinski definition) is 0. The fourth-order valence-electron chi connectivity index (χ4n) is 5.01. The Morgan fingerprint density at radius 2 is 1.54 bits per heavy atom. The Kier molecular flexibility index (Phi) is 8.30. The van der Waals surface area contributed by atoms with Crippen LogP contribution in [0.25, 0.3) is 0 Å². The molecule has 0 saturated heterocycles. The maximum Gasteiger partial charge on any atom is 0.200 e. The summed E-state index contributed by atoms with van der Waals surface area (Å²) >= 11 is 0. The van der Waals surface area contributed by atoms with Crippen molar-refractivity contribution in [3.05, 3.63) is 42.0 Å². The summed E-state index contributed by atoms with van der Waals surface area (Å²) in [5, 5.41) is 0. The van der Waals surface area contributed by atoms with E-state index in [1.54, 1.807) is 18.2 Å². The van der Waals surface area contributed by atoms with Gasteiger partial charge in [-0.25, -0.2) is 4.39 Å². The molecule has 0 amide bonds. The van der Waals surface area contributed by atoms with Gasteiger partial charge in [-0.1, -0.05) is 12.5 Å². The van der Waals surface area contributed by atoms with E-state index in [-0.39, 0.29) is 32.1 Å². The Morgan fingerprint density at radius 1 is 0.962 bits per heavy atom. The second-order valence-corrected chi connectivity index (χ2v) is 7.85. The van der Waals surface area contributed by atoms with Crippen molar-refractivity contribution in [2.75, 3.05) is 7.11 Å². The van der Waals surface area contributed by atoms with Crippen molar-refractivity contribution in [2.45, 2.75) is 63.7 Å². The smallest absolute Gasteiger partial charge is 0.200 e. The van der Waals surface area contributed by atoms with E-state index in [0.717, 1.165) is 49.9 Å². The molecule has 3 rings (SSSR count). The maximum absolute atomic E-state index is 14.3. The van der Waals surface area contributed by atoms with Gasteiger partial charge in [-0.15, -0.1) is 0 Å². The summed E-state index contributed by atoms with van der Waals surface area (Å²) in [6, 6.07) is 3.26. The van der Waals surface area contributed by atoms with Crippen molar-refractivity contribution in [1.82, 2.24) is 0 Å². The molecule has 0 heterocycles. The molecule has 1 aromatic carbocycles. The number of hydrogen-bond acceptors (Lipinski definition) is 1. The first kappa shape index (κ1) is 21.6. The first-order valence-corrected chi connectivity index (χ1v) is 9.69. The monoisotopic (exact) mass is 534 g/mol. The Bertz CT molecular complexity index is 588. The Hall–Kier alpha value is -0.718. The zero-order valence-corrected chi connectivity index (χ0v) is 18.2. The summed E-state index contributed by atoms with van der Waals surface area (Å²) in [6.07, 6.45) is 12.2. The molecule has 0 aliphatic heterocycles. The predicted octanol–water partition coefficient (Wildman–Crippen LogP) is 6.43. The fourth-order valence-corrected chi connectivity index (χ4v) is 5.01. The van der Waals surface area contributed by atoms with E-state index >= 15 is 0 Å². The van der Waals surface area contributed by atoms with Gasteiger partial charge in [0.2, 0.25) is 5.82 Å². The number of benzene rings is 1. The average Bonchev–Trinajstić information content (AvgIpc) is 2.65. The van der Waals surface area contributed by atoms with Gasteiger partial charge in [0.25, 0.3) is 0 Å². The second-order valence-electron chi connectivity index (χ2n) is 7.85. The van der Waals surface area contributed by atoms with Crippen molar-refractivity contribution >= 4 is 0 Å². The van der Waals surface area contributed by atoms with Crippen LogP contribution < -0.4 is 4.74 Å². The zero-order chi connectivity index (χ0) is 17.8. The first-order chi connectivity index (χ1) is 12.1. The third-order valence-corrected chi connectivity index (χ3v) is 6.54. The predicted molar refractivity (Wildman–Crippen MR) is 96.5 cm³/mol. The molecule has 2 fully saturated rings. The molecule has 0 unspecified atom stereocenters. The van der Waals surface area contributed by atoms with E-state index in [1.807, 2.05) is 0 Å². The summed E-state index contributed by atoms with van der Waals surface area (Å²) < 4.78 is 33.2. The molecule has 2 aliphatic rings. The third kappa shape index (κ3) is 4.76. The van der Waals surface area contributed by atoms with Crippen molar-refractivity contribution in [1.29, 1.82) is 0 Å². The van der Waals surface area contributed by atoms with Gasteiger partial charge < -0.3 is 11.3 Å². The largest absolute Gasteiger partial charge is 0.518 e. The molecule has 2 aliphatic carbocycles. The first-order valence-electron chi connectivity index (χ1n) is 9.69. The van der Waals surface area contributed by atoms with E-state index in [4.69, 9.17) is 11.3 Å². The van der Waals surface area contributed by atoms with Gasteiger partial charge in [-0.3, -0.25) is 6.08 Å². The minimum Gasteiger partial charge on any atom is -0.518 e. The molecule has 145 valence electrons. The van der Waals surface area contributed by atoms with Crippen LogP contribution in [0.1, 0.15) is 69.3 Å². The Labute approximate surface area is 170 Å². The van der Waals surface area contributed by atoms with Crippen LogP contribution in [0.5, 0.6) is 5.75 Å². The standard InChI is InChI=1S/C22H29F2O.Re/c1-3-4-15-5-7-16(8-6-15)17-9-11-18(12-10-17)19-13-14-20(25-2)22(24)21(19)23;/h1,3,13-18H,4-12H2,2H3;/q-1;. The number of halogens is 2. The van der Waals surface area contributed by atoms with Crippen LogP contribution in [0.15, 0.2) is 18.2 Å². The molecule has 0 N–H and O–H groups in total. The molecule has 0 spiro atoms. The molecule has 2 saturated carbocycles. The molecule has 1 aromatic rings. The van der Waals surface area contributed by atoms with Crippen LogP contribution in [0, 0.1) is 36.0 Å². The molecule has 0 aromatic heterocycles. The molecule has 0 bridgehead atoms. The van der Waals surface area contributed by atoms with E-state index in [0.29, 0.717) is 5.56 Å². The van der Waals surface area contributed by atoms with Gasteiger partial charge >= 0.3 is 0 Å². The van der Waals surface area contributed by atoms with Gasteiger partial charge in [-0.05, 0) is 86.7 Å². The van der Waals surface area contributed by atoms with Crippen molar-refractivity contribution < 1.29 is 33.9 Å². The van der Waals surface area contributed by atoms with Crippen molar-refractivity contribution in [3.8, 4) is 5.75 Å². The minimum absolute atomic E-state index is 0. The molecule has 0 atom stereocenters. The van der Waals surface area contributed by atoms with Gasteiger partial charge in [0.1, 0.15) is 0 Å². The normalized spacial score (nSPS) is 28.9. The summed E-state index contributed by atoms with van der Waals surface area (Å²) in [4.78, 5) is 0. The fraction of sp³-hybridized carbons (Fsp3) is 0.636. The average molecular weight is 534 g/mol. The van der Waals surface area contributed by atoms with Gasteiger partial charge in [-0.2, -0.15) is 4.39 Å². The minimum atomic E-state index is -0.850. The van der Waals surface area contributed by atoms with Crippen LogP contribution in [-0.4, -0.2) is 7.11 Å². The quantitative estimate of drug-likeness (QED) is 0.397. The van der Waals surface area contributed by atoms with E-state index in [1.165, 1.54) is 32.8 Å². The van der Waals surface area contributed by atoms with Gasteiger partial charge in [0.05, 0.1) is 7.11 Å². The van der Waals surface area contributed by atoms with Crippen molar-refractivity contribution in [2.24, 2.45) is 17.8 Å². The summed E-state index contributed by atoms with van der Waals surface area (Å²) in [7, 11) is 1.36. The van der Waals surface area contributed by atoms with E-state index in [2.05, 4.69) is 0 Å². The van der Waals surface area contributed by atoms with E-state index < -0.39 is 11.6 Å². The summed E-state index contributed by atoms with van der Waals surface area (Å²) in [5.41, 5.74) is 0.527. The zero-order valence-electron chi connectivity index (χ0n) is 15.5. The third-order valence-electron chi connectivity index (χ3n) is 6.54. The molecular weight excluding hydrogens is 504 g/mol. The topological polar surface area (TPSA) is 9.23 Å². The number of ether oxygens (including phenoxy) is 1. The number of rotatable bonds is 5. The second kappa shape index (κ2) is 10.00. The Morgan fingerprint density at radius 3 is 2.08 bits per heavy atom. The van der Waals surface area contributed by atoms with Gasteiger partial charge in [0, 0.05) is 20.4 Å². The molecule has 1 radical (unpaired) electrons.